The van der Waals surface area contributed by atoms with Crippen molar-refractivity contribution in [3.63, 3.8) is 0 Å². The van der Waals surface area contributed by atoms with Gasteiger partial charge < -0.3 is 15.4 Å². The third-order valence-electron chi connectivity index (χ3n) is 4.65. The Kier molecular flexibility index (Phi) is 8.33. The molecule has 0 aliphatic rings. The predicted octanol–water partition coefficient (Wildman–Crippen LogP) is 3.26. The summed E-state index contributed by atoms with van der Waals surface area (Å²) < 4.78 is 7.83. The Balaban J connectivity index is 1.77. The Hall–Kier alpha value is -2.34. The van der Waals surface area contributed by atoms with Crippen LogP contribution in [-0.4, -0.2) is 35.4 Å². The van der Waals surface area contributed by atoms with Gasteiger partial charge in [-0.1, -0.05) is 30.3 Å². The molecule has 6 heteroatoms. The van der Waals surface area contributed by atoms with E-state index in [-0.39, 0.29) is 6.10 Å². The second-order valence-electron chi connectivity index (χ2n) is 6.67. The summed E-state index contributed by atoms with van der Waals surface area (Å²) in [4.78, 5) is 4.70. The normalized spacial score (nSPS) is 12.9. The van der Waals surface area contributed by atoms with Crippen molar-refractivity contribution in [2.45, 2.75) is 46.8 Å². The molecule has 27 heavy (non-hydrogen) atoms. The van der Waals surface area contributed by atoms with Crippen molar-refractivity contribution in [3.8, 4) is 0 Å². The molecule has 1 heterocycles. The molecule has 1 unspecified atom stereocenters. The van der Waals surface area contributed by atoms with Gasteiger partial charge in [-0.2, -0.15) is 5.10 Å². The summed E-state index contributed by atoms with van der Waals surface area (Å²) in [6, 6.07) is 10.3. The van der Waals surface area contributed by atoms with Gasteiger partial charge in [0.2, 0.25) is 0 Å². The van der Waals surface area contributed by atoms with E-state index in [1.54, 1.807) is 0 Å². The molecule has 0 radical (unpaired) electrons. The lowest BCUT2D eigenvalue weighted by molar-refractivity contribution is 0.0646. The fraction of sp³-hybridized carbons (Fsp3) is 0.524. The van der Waals surface area contributed by atoms with E-state index in [9.17, 15) is 0 Å². The highest BCUT2D eigenvalue weighted by Crippen LogP contribution is 2.15. The third kappa shape index (κ3) is 6.40. The van der Waals surface area contributed by atoms with E-state index in [1.807, 2.05) is 36.9 Å². The van der Waals surface area contributed by atoms with Gasteiger partial charge >= 0.3 is 0 Å². The monoisotopic (exact) mass is 371 g/mol. The molecule has 1 aromatic heterocycles. The molecule has 0 aliphatic heterocycles. The van der Waals surface area contributed by atoms with Crippen LogP contribution >= 0.6 is 0 Å². The fourth-order valence-electron chi connectivity index (χ4n) is 2.91. The summed E-state index contributed by atoms with van der Waals surface area (Å²) in [5.41, 5.74) is 4.60. The Labute approximate surface area is 163 Å². The SMILES string of the molecule is CCNC(=NCc1c(C)nn(C)c1C)NCCCOC(C)c1ccccc1. The second kappa shape index (κ2) is 10.7. The Morgan fingerprint density at radius 3 is 2.59 bits per heavy atom. The van der Waals surface area contributed by atoms with Crippen molar-refractivity contribution < 1.29 is 4.74 Å². The number of hydrogen-bond acceptors (Lipinski definition) is 3. The van der Waals surface area contributed by atoms with Gasteiger partial charge in [-0.05, 0) is 39.7 Å². The first-order chi connectivity index (χ1) is 13.0. The molecule has 0 spiro atoms. The van der Waals surface area contributed by atoms with Gasteiger partial charge in [-0.15, -0.1) is 0 Å². The summed E-state index contributed by atoms with van der Waals surface area (Å²) >= 11 is 0. The molecule has 0 aliphatic carbocycles. The third-order valence-corrected chi connectivity index (χ3v) is 4.65. The summed E-state index contributed by atoms with van der Waals surface area (Å²) in [5.74, 6) is 0.830. The van der Waals surface area contributed by atoms with Crippen molar-refractivity contribution in [2.75, 3.05) is 19.7 Å². The highest BCUT2D eigenvalue weighted by molar-refractivity contribution is 5.79. The number of rotatable bonds is 9. The molecule has 0 bridgehead atoms. The maximum atomic E-state index is 5.92. The van der Waals surface area contributed by atoms with Crippen LogP contribution in [0.5, 0.6) is 0 Å². The van der Waals surface area contributed by atoms with Crippen molar-refractivity contribution in [1.29, 1.82) is 0 Å². The maximum absolute atomic E-state index is 5.92. The van der Waals surface area contributed by atoms with Crippen LogP contribution in [0.4, 0.5) is 0 Å². The summed E-state index contributed by atoms with van der Waals surface area (Å²) in [5, 5.41) is 11.1. The van der Waals surface area contributed by atoms with Crippen LogP contribution in [0.1, 0.15) is 48.9 Å². The largest absolute Gasteiger partial charge is 0.374 e. The molecule has 1 aromatic carbocycles. The molecule has 1 atom stereocenters. The topological polar surface area (TPSA) is 63.5 Å². The van der Waals surface area contributed by atoms with Gasteiger partial charge in [-0.3, -0.25) is 4.68 Å². The summed E-state index contributed by atoms with van der Waals surface area (Å²) in [7, 11) is 1.97. The number of hydrogen-bond donors (Lipinski definition) is 2. The molecule has 148 valence electrons. The lowest BCUT2D eigenvalue weighted by atomic mass is 10.1. The van der Waals surface area contributed by atoms with Gasteiger partial charge in [0.15, 0.2) is 5.96 Å². The van der Waals surface area contributed by atoms with Crippen LogP contribution in [0.3, 0.4) is 0 Å². The van der Waals surface area contributed by atoms with E-state index in [1.165, 1.54) is 11.1 Å². The number of aromatic nitrogens is 2. The molecule has 0 saturated carbocycles. The number of nitrogens with one attached hydrogen (secondary N) is 2. The second-order valence-corrected chi connectivity index (χ2v) is 6.67. The van der Waals surface area contributed by atoms with Crippen molar-refractivity contribution in [3.05, 3.63) is 52.8 Å². The van der Waals surface area contributed by atoms with Gasteiger partial charge in [0, 0.05) is 38.0 Å². The zero-order valence-electron chi connectivity index (χ0n) is 17.2. The maximum Gasteiger partial charge on any atom is 0.191 e. The van der Waals surface area contributed by atoms with Crippen molar-refractivity contribution in [2.24, 2.45) is 12.0 Å². The number of nitrogens with zero attached hydrogens (tertiary/aromatic N) is 3. The lowest BCUT2D eigenvalue weighted by Gasteiger charge is -2.14. The minimum absolute atomic E-state index is 0.115. The predicted molar refractivity (Wildman–Crippen MR) is 111 cm³/mol. The van der Waals surface area contributed by atoms with Crippen molar-refractivity contribution in [1.82, 2.24) is 20.4 Å². The average Bonchev–Trinajstić information content (AvgIpc) is 2.91. The van der Waals surface area contributed by atoms with Crippen LogP contribution in [-0.2, 0) is 18.3 Å². The molecule has 6 nitrogen and oxygen atoms in total. The Morgan fingerprint density at radius 2 is 1.96 bits per heavy atom. The van der Waals surface area contributed by atoms with E-state index < -0.39 is 0 Å². The first-order valence-corrected chi connectivity index (χ1v) is 9.70. The van der Waals surface area contributed by atoms with E-state index in [4.69, 9.17) is 9.73 Å². The lowest BCUT2D eigenvalue weighted by Crippen LogP contribution is -2.38. The molecular weight excluding hydrogens is 338 g/mol. The molecule has 0 amide bonds. The molecule has 2 aromatic rings. The minimum Gasteiger partial charge on any atom is -0.374 e. The zero-order valence-corrected chi connectivity index (χ0v) is 17.2. The number of ether oxygens (including phenoxy) is 1. The summed E-state index contributed by atoms with van der Waals surface area (Å²) in [6.07, 6.45) is 1.04. The Bertz CT molecular complexity index is 724. The average molecular weight is 372 g/mol. The Morgan fingerprint density at radius 1 is 1.22 bits per heavy atom. The van der Waals surface area contributed by atoms with Crippen molar-refractivity contribution >= 4 is 5.96 Å². The van der Waals surface area contributed by atoms with Crippen LogP contribution < -0.4 is 10.6 Å². The number of aliphatic imine (C=N–C) groups is 1. The van der Waals surface area contributed by atoms with Crippen LogP contribution in [0.2, 0.25) is 0 Å². The summed E-state index contributed by atoms with van der Waals surface area (Å²) in [6.45, 7) is 11.3. The van der Waals surface area contributed by atoms with Gasteiger partial charge in [0.1, 0.15) is 0 Å². The highest BCUT2D eigenvalue weighted by Gasteiger charge is 2.09. The minimum atomic E-state index is 0.115. The fourth-order valence-corrected chi connectivity index (χ4v) is 2.91. The van der Waals surface area contributed by atoms with Gasteiger partial charge in [0.05, 0.1) is 18.3 Å². The number of guanidine groups is 1. The zero-order chi connectivity index (χ0) is 19.6. The highest BCUT2D eigenvalue weighted by atomic mass is 16.5. The quantitative estimate of drug-likeness (QED) is 0.403. The molecular formula is C21H33N5O. The standard InChI is InChI=1S/C21H33N5O/c1-6-22-21(24-15-20-16(2)25-26(5)17(20)3)23-13-10-14-27-18(4)19-11-8-7-9-12-19/h7-9,11-12,18H,6,10,13-15H2,1-5H3,(H2,22,23,24). The molecule has 0 saturated heterocycles. The number of benzene rings is 1. The first kappa shape index (κ1) is 21.0. The van der Waals surface area contributed by atoms with E-state index in [2.05, 4.69) is 48.6 Å². The van der Waals surface area contributed by atoms with Gasteiger partial charge in [0.25, 0.3) is 0 Å². The van der Waals surface area contributed by atoms with Crippen LogP contribution in [0, 0.1) is 13.8 Å². The van der Waals surface area contributed by atoms with E-state index in [0.717, 1.165) is 36.9 Å². The van der Waals surface area contributed by atoms with E-state index >= 15 is 0 Å². The van der Waals surface area contributed by atoms with E-state index in [0.29, 0.717) is 13.2 Å². The smallest absolute Gasteiger partial charge is 0.191 e. The number of aryl methyl sites for hydroxylation is 2. The van der Waals surface area contributed by atoms with Gasteiger partial charge in [-0.25, -0.2) is 4.99 Å². The molecule has 0 fully saturated rings. The van der Waals surface area contributed by atoms with Crippen LogP contribution in [0.25, 0.3) is 0 Å². The molecule has 2 N–H and O–H groups in total. The van der Waals surface area contributed by atoms with Crippen LogP contribution in [0.15, 0.2) is 35.3 Å². The molecule has 2 rings (SSSR count). The first-order valence-electron chi connectivity index (χ1n) is 9.70.